The molecule has 0 aliphatic heterocycles. The Morgan fingerprint density at radius 3 is 2.62 bits per heavy atom. The number of rotatable bonds is 5. The van der Waals surface area contributed by atoms with E-state index >= 15 is 0 Å². The Labute approximate surface area is 149 Å². The number of methoxy groups -OCH3 is 1. The Morgan fingerprint density at radius 2 is 2.04 bits per heavy atom. The number of carbonyl (C=O) groups excluding carboxylic acids is 2. The molecule has 2 rings (SSSR count). The van der Waals surface area contributed by atoms with E-state index in [1.165, 1.54) is 13.3 Å². The van der Waals surface area contributed by atoms with Gasteiger partial charge in [-0.3, -0.25) is 20.2 Å². The van der Waals surface area contributed by atoms with Crippen molar-refractivity contribution in [3.05, 3.63) is 40.1 Å². The van der Waals surface area contributed by atoms with Crippen molar-refractivity contribution in [2.75, 3.05) is 19.0 Å². The molecule has 9 heteroatoms. The number of ether oxygens (including phenoxy) is 2. The minimum absolute atomic E-state index is 0.465. The van der Waals surface area contributed by atoms with E-state index in [1.807, 2.05) is 0 Å². The summed E-state index contributed by atoms with van der Waals surface area (Å²) in [5, 5.41) is 14.1. The highest BCUT2D eigenvalue weighted by Gasteiger charge is 2.29. The average molecular weight is 363 g/mol. The quantitative estimate of drug-likeness (QED) is 0.478. The van der Waals surface area contributed by atoms with Crippen molar-refractivity contribution < 1.29 is 24.0 Å². The molecule has 26 heavy (non-hydrogen) atoms. The topological polar surface area (TPSA) is 124 Å². The molecule has 0 aliphatic rings. The molecule has 2 aromatic rings. The first-order chi connectivity index (χ1) is 12.1. The van der Waals surface area contributed by atoms with Gasteiger partial charge < -0.3 is 14.5 Å². The van der Waals surface area contributed by atoms with Gasteiger partial charge in [0.2, 0.25) is 6.54 Å². The lowest BCUT2D eigenvalue weighted by molar-refractivity contribution is -0.481. The van der Waals surface area contributed by atoms with Crippen LogP contribution in [0.15, 0.2) is 24.4 Å². The Hall–Kier alpha value is -3.10. The van der Waals surface area contributed by atoms with Gasteiger partial charge in [-0.1, -0.05) is 6.07 Å². The molecule has 0 bridgehead atoms. The summed E-state index contributed by atoms with van der Waals surface area (Å²) in [5.41, 5.74) is 0.951. The number of aromatic amines is 1. The maximum Gasteiger partial charge on any atom is 0.412 e. The molecule has 9 nitrogen and oxygen atoms in total. The van der Waals surface area contributed by atoms with Crippen LogP contribution in [0, 0.1) is 10.1 Å². The molecular weight excluding hydrogens is 342 g/mol. The van der Waals surface area contributed by atoms with Gasteiger partial charge >= 0.3 is 12.1 Å². The van der Waals surface area contributed by atoms with Gasteiger partial charge in [-0.25, -0.2) is 4.79 Å². The third kappa shape index (κ3) is 4.71. The van der Waals surface area contributed by atoms with Crippen molar-refractivity contribution >= 4 is 28.7 Å². The van der Waals surface area contributed by atoms with Gasteiger partial charge in [0.15, 0.2) is 0 Å². The van der Waals surface area contributed by atoms with E-state index in [2.05, 4.69) is 15.0 Å². The number of nitrogens with zero attached hydrogens (tertiary/aromatic N) is 1. The number of H-pyrrole nitrogens is 1. The number of amides is 1. The molecule has 140 valence electrons. The lowest BCUT2D eigenvalue weighted by atomic mass is 9.98. The van der Waals surface area contributed by atoms with Crippen LogP contribution in [-0.4, -0.2) is 41.2 Å². The second-order valence-electron chi connectivity index (χ2n) is 6.72. The fourth-order valence-electron chi connectivity index (χ4n) is 2.53. The van der Waals surface area contributed by atoms with E-state index < -0.39 is 35.0 Å². The predicted octanol–water partition coefficient (Wildman–Crippen LogP) is 3.05. The van der Waals surface area contributed by atoms with E-state index in [0.717, 1.165) is 0 Å². The van der Waals surface area contributed by atoms with Crippen LogP contribution in [0.5, 0.6) is 0 Å². The van der Waals surface area contributed by atoms with Gasteiger partial charge in [0, 0.05) is 27.7 Å². The summed E-state index contributed by atoms with van der Waals surface area (Å²) >= 11 is 0. The number of nitro groups is 1. The number of nitrogens with one attached hydrogen (secondary N) is 2. The summed E-state index contributed by atoms with van der Waals surface area (Å²) in [4.78, 5) is 37.0. The zero-order valence-corrected chi connectivity index (χ0v) is 15.0. The lowest BCUT2D eigenvalue weighted by Crippen LogP contribution is -2.27. The summed E-state index contributed by atoms with van der Waals surface area (Å²) < 4.78 is 9.87. The molecule has 0 spiro atoms. The van der Waals surface area contributed by atoms with Crippen LogP contribution in [0.2, 0.25) is 0 Å². The van der Waals surface area contributed by atoms with E-state index in [0.29, 0.717) is 22.2 Å². The summed E-state index contributed by atoms with van der Waals surface area (Å²) in [6.07, 6.45) is 0.942. The largest absolute Gasteiger partial charge is 0.468 e. The molecule has 1 aromatic carbocycles. The minimum atomic E-state index is -1.02. The van der Waals surface area contributed by atoms with Crippen LogP contribution in [-0.2, 0) is 14.3 Å². The second-order valence-corrected chi connectivity index (χ2v) is 6.72. The monoisotopic (exact) mass is 363 g/mol. The van der Waals surface area contributed by atoms with Crippen LogP contribution < -0.4 is 5.32 Å². The van der Waals surface area contributed by atoms with Gasteiger partial charge in [-0.2, -0.15) is 0 Å². The molecule has 1 aromatic heterocycles. The molecule has 0 aliphatic carbocycles. The Balaban J connectivity index is 2.29. The van der Waals surface area contributed by atoms with Gasteiger partial charge in [-0.15, -0.1) is 0 Å². The Kier molecular flexibility index (Phi) is 5.49. The number of benzene rings is 1. The van der Waals surface area contributed by atoms with Crippen molar-refractivity contribution in [1.29, 1.82) is 0 Å². The summed E-state index contributed by atoms with van der Waals surface area (Å²) in [6, 6.07) is 4.96. The molecule has 0 radical (unpaired) electrons. The highest BCUT2D eigenvalue weighted by Crippen LogP contribution is 2.29. The number of hydrogen-bond acceptors (Lipinski definition) is 6. The maximum atomic E-state index is 11.9. The molecule has 0 saturated carbocycles. The third-order valence-corrected chi connectivity index (χ3v) is 3.55. The summed E-state index contributed by atoms with van der Waals surface area (Å²) in [6.45, 7) is 4.71. The van der Waals surface area contributed by atoms with Crippen LogP contribution in [0.25, 0.3) is 10.9 Å². The van der Waals surface area contributed by atoms with Gasteiger partial charge in [0.25, 0.3) is 0 Å². The SMILES string of the molecule is COC(=O)C(C[N+](=O)[O-])c1c[nH]c2cc(NC(=O)OC(C)(C)C)ccc12. The van der Waals surface area contributed by atoms with Crippen molar-refractivity contribution in [3.8, 4) is 0 Å². The van der Waals surface area contributed by atoms with Crippen molar-refractivity contribution in [2.24, 2.45) is 0 Å². The maximum absolute atomic E-state index is 11.9. The molecule has 1 heterocycles. The number of hydrogen-bond donors (Lipinski definition) is 2. The van der Waals surface area contributed by atoms with Gasteiger partial charge in [-0.05, 0) is 38.5 Å². The van der Waals surface area contributed by atoms with Crippen LogP contribution >= 0.6 is 0 Å². The molecular formula is C17H21N3O6. The van der Waals surface area contributed by atoms with E-state index in [4.69, 9.17) is 4.74 Å². The van der Waals surface area contributed by atoms with Gasteiger partial charge in [0.1, 0.15) is 11.5 Å². The van der Waals surface area contributed by atoms with Crippen LogP contribution in [0.1, 0.15) is 32.3 Å². The number of anilines is 1. The molecule has 2 N–H and O–H groups in total. The summed E-state index contributed by atoms with van der Waals surface area (Å²) in [5.74, 6) is -1.70. The highest BCUT2D eigenvalue weighted by atomic mass is 16.6. The van der Waals surface area contributed by atoms with Crippen LogP contribution in [0.4, 0.5) is 10.5 Å². The third-order valence-electron chi connectivity index (χ3n) is 3.55. The zero-order chi connectivity index (χ0) is 19.5. The normalized spacial score (nSPS) is 12.5. The average Bonchev–Trinajstić information content (AvgIpc) is 2.92. The first-order valence-corrected chi connectivity index (χ1v) is 7.91. The molecule has 0 saturated heterocycles. The molecule has 1 amide bonds. The second kappa shape index (κ2) is 7.42. The number of carbonyl (C=O) groups is 2. The zero-order valence-electron chi connectivity index (χ0n) is 15.0. The van der Waals surface area contributed by atoms with Crippen LogP contribution in [0.3, 0.4) is 0 Å². The lowest BCUT2D eigenvalue weighted by Gasteiger charge is -2.19. The van der Waals surface area contributed by atoms with E-state index in [9.17, 15) is 19.7 Å². The van der Waals surface area contributed by atoms with Crippen molar-refractivity contribution in [2.45, 2.75) is 32.3 Å². The first-order valence-electron chi connectivity index (χ1n) is 7.91. The highest BCUT2D eigenvalue weighted by molar-refractivity contribution is 5.94. The van der Waals surface area contributed by atoms with E-state index in [1.54, 1.807) is 39.0 Å². The number of fused-ring (bicyclic) bond motifs is 1. The standard InChI is InChI=1S/C17H21N3O6/c1-17(2,3)26-16(22)19-10-5-6-11-12(8-18-14(11)7-10)13(9-20(23)24)15(21)25-4/h5-8,13,18H,9H2,1-4H3,(H,19,22). The minimum Gasteiger partial charge on any atom is -0.468 e. The summed E-state index contributed by atoms with van der Waals surface area (Å²) in [7, 11) is 1.19. The Morgan fingerprint density at radius 1 is 1.35 bits per heavy atom. The van der Waals surface area contributed by atoms with Crippen molar-refractivity contribution in [3.63, 3.8) is 0 Å². The van der Waals surface area contributed by atoms with Crippen molar-refractivity contribution in [1.82, 2.24) is 4.98 Å². The fraction of sp³-hybridized carbons (Fsp3) is 0.412. The molecule has 1 atom stereocenters. The Bertz CT molecular complexity index is 837. The smallest absolute Gasteiger partial charge is 0.412 e. The first kappa shape index (κ1) is 19.2. The number of aromatic nitrogens is 1. The van der Waals surface area contributed by atoms with Gasteiger partial charge in [0.05, 0.1) is 7.11 Å². The molecule has 1 unspecified atom stereocenters. The predicted molar refractivity (Wildman–Crippen MR) is 94.8 cm³/mol. The number of esters is 1. The fourth-order valence-corrected chi connectivity index (χ4v) is 2.53. The molecule has 0 fully saturated rings. The van der Waals surface area contributed by atoms with E-state index in [-0.39, 0.29) is 0 Å².